The molecular formula is C26H31N3O5S. The molecule has 1 unspecified atom stereocenters. The van der Waals surface area contributed by atoms with Gasteiger partial charge in [-0.05, 0) is 30.7 Å². The minimum atomic E-state index is -0.866. The van der Waals surface area contributed by atoms with Crippen LogP contribution in [0.3, 0.4) is 0 Å². The summed E-state index contributed by atoms with van der Waals surface area (Å²) < 4.78 is 4.39. The number of ether oxygens (including phenoxy) is 1. The molecule has 0 radical (unpaired) electrons. The van der Waals surface area contributed by atoms with Crippen LogP contribution in [0.1, 0.15) is 13.3 Å². The number of rotatable bonds is 6. The highest BCUT2D eigenvalue weighted by Crippen LogP contribution is 2.61. The molecule has 9 heteroatoms. The molecule has 186 valence electrons. The number of aliphatic hydroxyl groups excluding tert-OH is 1. The lowest BCUT2D eigenvalue weighted by atomic mass is 9.78. The molecule has 5 atom stereocenters. The van der Waals surface area contributed by atoms with Crippen molar-refractivity contribution < 1.29 is 24.2 Å². The van der Waals surface area contributed by atoms with Crippen molar-refractivity contribution in [2.24, 2.45) is 11.8 Å². The molecule has 1 spiro atoms. The van der Waals surface area contributed by atoms with E-state index in [1.54, 1.807) is 35.9 Å². The molecule has 35 heavy (non-hydrogen) atoms. The molecule has 0 saturated carbocycles. The number of likely N-dealkylation sites (tertiary alicyclic amines) is 1. The number of β-amino-alcohol motifs (C(OH)–C–C–N with tert-alkyl or cyclic N) is 1. The second-order valence-corrected chi connectivity index (χ2v) is 10.8. The van der Waals surface area contributed by atoms with Crippen LogP contribution in [0, 0.1) is 11.8 Å². The van der Waals surface area contributed by atoms with Crippen molar-refractivity contribution in [1.82, 2.24) is 9.80 Å². The van der Waals surface area contributed by atoms with Crippen molar-refractivity contribution in [1.29, 1.82) is 0 Å². The summed E-state index contributed by atoms with van der Waals surface area (Å²) in [6.45, 7) is 3.37. The SMILES string of the molecule is CCCN1CC=C[C@@H]2S[C@]34C=CCN(c5ccc(OC)cc5)C(=O)C3N(CCO)C(=O)[C@@H]4[C@@H]2C1=O. The van der Waals surface area contributed by atoms with Crippen LogP contribution in [-0.4, -0.2) is 88.6 Å². The maximum absolute atomic E-state index is 14.1. The largest absolute Gasteiger partial charge is 0.497 e. The number of nitrogens with zero attached hydrogens (tertiary/aromatic N) is 3. The Bertz CT molecular complexity index is 1070. The number of methoxy groups -OCH3 is 1. The van der Waals surface area contributed by atoms with Gasteiger partial charge in [-0.25, -0.2) is 0 Å². The Kier molecular flexibility index (Phi) is 6.40. The third-order valence-electron chi connectivity index (χ3n) is 7.46. The Morgan fingerprint density at radius 1 is 1.06 bits per heavy atom. The molecule has 4 aliphatic rings. The van der Waals surface area contributed by atoms with Crippen molar-refractivity contribution in [2.75, 3.05) is 44.8 Å². The molecule has 0 aliphatic carbocycles. The summed E-state index contributed by atoms with van der Waals surface area (Å²) in [6.07, 6.45) is 8.83. The van der Waals surface area contributed by atoms with Gasteiger partial charge >= 0.3 is 0 Å². The summed E-state index contributed by atoms with van der Waals surface area (Å²) in [5, 5.41) is 9.61. The molecule has 4 aliphatic heterocycles. The maximum Gasteiger partial charge on any atom is 0.251 e. The van der Waals surface area contributed by atoms with Crippen LogP contribution in [0.2, 0.25) is 0 Å². The highest BCUT2D eigenvalue weighted by molar-refractivity contribution is 8.02. The summed E-state index contributed by atoms with van der Waals surface area (Å²) in [4.78, 5) is 46.7. The fourth-order valence-corrected chi connectivity index (χ4v) is 8.01. The Morgan fingerprint density at radius 2 is 1.83 bits per heavy atom. The minimum absolute atomic E-state index is 0.0220. The first-order chi connectivity index (χ1) is 17.0. The van der Waals surface area contributed by atoms with Gasteiger partial charge in [0.15, 0.2) is 0 Å². The molecule has 2 saturated heterocycles. The Morgan fingerprint density at radius 3 is 2.51 bits per heavy atom. The van der Waals surface area contributed by atoms with E-state index in [4.69, 9.17) is 4.74 Å². The van der Waals surface area contributed by atoms with Gasteiger partial charge in [0.25, 0.3) is 5.91 Å². The number of hydrogen-bond donors (Lipinski definition) is 1. The van der Waals surface area contributed by atoms with E-state index in [-0.39, 0.29) is 36.1 Å². The number of benzene rings is 1. The molecule has 1 aromatic rings. The molecule has 5 rings (SSSR count). The van der Waals surface area contributed by atoms with Crippen molar-refractivity contribution in [2.45, 2.75) is 29.4 Å². The van der Waals surface area contributed by atoms with Crippen LogP contribution in [0.4, 0.5) is 5.69 Å². The van der Waals surface area contributed by atoms with E-state index in [1.807, 2.05) is 48.3 Å². The first-order valence-corrected chi connectivity index (χ1v) is 13.0. The standard InChI is InChI=1S/C26H31N3O5S/c1-3-12-27-13-4-6-19-20(23(27)31)21-24(32)29(15-16-30)22-25(33)28(14-5-11-26(21,22)35-19)17-7-9-18(34-2)10-8-17/h4-11,19-22,30H,3,12-16H2,1-2H3/t19-,20+,21-,22?,26-/m0/s1. The van der Waals surface area contributed by atoms with Crippen LogP contribution in [0.5, 0.6) is 5.75 Å². The smallest absolute Gasteiger partial charge is 0.251 e. The fourth-order valence-electron chi connectivity index (χ4n) is 6.00. The quantitative estimate of drug-likeness (QED) is 0.602. The third-order valence-corrected chi connectivity index (χ3v) is 9.20. The number of thioether (sulfide) groups is 1. The molecule has 8 nitrogen and oxygen atoms in total. The molecule has 0 bridgehead atoms. The predicted octanol–water partition coefficient (Wildman–Crippen LogP) is 1.70. The summed E-state index contributed by atoms with van der Waals surface area (Å²) in [6, 6.07) is 6.46. The predicted molar refractivity (Wildman–Crippen MR) is 134 cm³/mol. The van der Waals surface area contributed by atoms with Crippen LogP contribution < -0.4 is 9.64 Å². The summed E-state index contributed by atoms with van der Waals surface area (Å²) >= 11 is 1.55. The van der Waals surface area contributed by atoms with Crippen LogP contribution >= 0.6 is 11.8 Å². The average Bonchev–Trinajstić information content (AvgIpc) is 3.17. The number of anilines is 1. The van der Waals surface area contributed by atoms with Crippen molar-refractivity contribution in [3.8, 4) is 5.75 Å². The Balaban J connectivity index is 1.57. The molecule has 1 N–H and O–H groups in total. The summed E-state index contributed by atoms with van der Waals surface area (Å²) in [7, 11) is 1.59. The number of fused-ring (bicyclic) bond motifs is 2. The van der Waals surface area contributed by atoms with Crippen LogP contribution in [0.25, 0.3) is 0 Å². The van der Waals surface area contributed by atoms with Gasteiger partial charge in [0.1, 0.15) is 11.8 Å². The molecule has 0 aromatic heterocycles. The topological polar surface area (TPSA) is 90.4 Å². The number of carbonyl (C=O) groups is 3. The molecular weight excluding hydrogens is 466 g/mol. The number of amides is 3. The maximum atomic E-state index is 14.1. The van der Waals surface area contributed by atoms with Crippen molar-refractivity contribution in [3.63, 3.8) is 0 Å². The number of carbonyl (C=O) groups excluding carboxylic acids is 3. The summed E-state index contributed by atoms with van der Waals surface area (Å²) in [5.41, 5.74) is 0.708. The lowest BCUT2D eigenvalue weighted by molar-refractivity contribution is -0.143. The second-order valence-electron chi connectivity index (χ2n) is 9.36. The zero-order chi connectivity index (χ0) is 24.7. The molecule has 4 heterocycles. The Hall–Kier alpha value is -2.78. The fraction of sp³-hybridized carbons (Fsp3) is 0.500. The summed E-state index contributed by atoms with van der Waals surface area (Å²) in [5.74, 6) is -0.941. The van der Waals surface area contributed by atoms with E-state index in [9.17, 15) is 19.5 Å². The van der Waals surface area contributed by atoms with Gasteiger partial charge < -0.3 is 24.5 Å². The van der Waals surface area contributed by atoms with Crippen LogP contribution in [-0.2, 0) is 14.4 Å². The van der Waals surface area contributed by atoms with Gasteiger partial charge in [0, 0.05) is 37.1 Å². The zero-order valence-electron chi connectivity index (χ0n) is 20.0. The van der Waals surface area contributed by atoms with E-state index < -0.39 is 22.6 Å². The molecule has 1 aromatic carbocycles. The number of aliphatic hydroxyl groups is 1. The average molecular weight is 498 g/mol. The van der Waals surface area contributed by atoms with Crippen molar-refractivity contribution in [3.05, 3.63) is 48.6 Å². The zero-order valence-corrected chi connectivity index (χ0v) is 20.8. The van der Waals surface area contributed by atoms with Gasteiger partial charge in [0.2, 0.25) is 11.8 Å². The normalized spacial score (nSPS) is 31.9. The Labute approximate surface area is 209 Å². The third kappa shape index (κ3) is 3.67. The van der Waals surface area contributed by atoms with Gasteiger partial charge in [-0.2, -0.15) is 0 Å². The van der Waals surface area contributed by atoms with Gasteiger partial charge in [0.05, 0.1) is 30.3 Å². The lowest BCUT2D eigenvalue weighted by Crippen LogP contribution is -2.53. The van der Waals surface area contributed by atoms with Gasteiger partial charge in [-0.15, -0.1) is 11.8 Å². The first-order valence-electron chi connectivity index (χ1n) is 12.1. The van der Waals surface area contributed by atoms with Gasteiger partial charge in [-0.1, -0.05) is 31.2 Å². The van der Waals surface area contributed by atoms with E-state index in [2.05, 4.69) is 0 Å². The van der Waals surface area contributed by atoms with Gasteiger partial charge in [-0.3, -0.25) is 14.4 Å². The molecule has 2 fully saturated rings. The van der Waals surface area contributed by atoms with E-state index in [0.717, 1.165) is 6.42 Å². The van der Waals surface area contributed by atoms with E-state index >= 15 is 0 Å². The number of hydrogen-bond acceptors (Lipinski definition) is 6. The highest BCUT2D eigenvalue weighted by atomic mass is 32.2. The van der Waals surface area contributed by atoms with Crippen LogP contribution in [0.15, 0.2) is 48.6 Å². The lowest BCUT2D eigenvalue weighted by Gasteiger charge is -2.35. The minimum Gasteiger partial charge on any atom is -0.497 e. The highest BCUT2D eigenvalue weighted by Gasteiger charge is 2.70. The van der Waals surface area contributed by atoms with E-state index in [0.29, 0.717) is 31.1 Å². The first kappa shape index (κ1) is 23.9. The van der Waals surface area contributed by atoms with E-state index in [1.165, 1.54) is 4.90 Å². The monoisotopic (exact) mass is 497 g/mol. The van der Waals surface area contributed by atoms with Crippen molar-refractivity contribution >= 4 is 35.2 Å². The molecule has 3 amide bonds. The second kappa shape index (κ2) is 9.35.